The lowest BCUT2D eigenvalue weighted by Gasteiger charge is -2.27. The quantitative estimate of drug-likeness (QED) is 0.736. The molecule has 3 nitrogen and oxygen atoms in total. The zero-order valence-corrected chi connectivity index (χ0v) is 8.33. The SMILES string of the molecule is FC(F)(F)C1CN2CC1Nc1ncccc12. The summed E-state index contributed by atoms with van der Waals surface area (Å²) in [6, 6.07) is 2.97. The maximum absolute atomic E-state index is 12.7. The van der Waals surface area contributed by atoms with Crippen LogP contribution in [0.4, 0.5) is 24.7 Å². The number of rotatable bonds is 0. The molecule has 1 aromatic rings. The van der Waals surface area contributed by atoms with Crippen molar-refractivity contribution in [2.75, 3.05) is 23.3 Å². The fourth-order valence-electron chi connectivity index (χ4n) is 2.42. The number of hydrogen-bond donors (Lipinski definition) is 1. The second-order valence-corrected chi connectivity index (χ2v) is 4.18. The molecule has 0 aliphatic carbocycles. The topological polar surface area (TPSA) is 28.2 Å². The first-order valence-electron chi connectivity index (χ1n) is 5.09. The molecule has 0 radical (unpaired) electrons. The molecule has 3 heterocycles. The van der Waals surface area contributed by atoms with Gasteiger partial charge in [0, 0.05) is 19.3 Å². The number of hydrogen-bond acceptors (Lipinski definition) is 3. The highest BCUT2D eigenvalue weighted by molar-refractivity contribution is 5.70. The maximum Gasteiger partial charge on any atom is 0.395 e. The van der Waals surface area contributed by atoms with Gasteiger partial charge in [-0.15, -0.1) is 0 Å². The van der Waals surface area contributed by atoms with E-state index in [-0.39, 0.29) is 6.54 Å². The summed E-state index contributed by atoms with van der Waals surface area (Å²) in [7, 11) is 0. The van der Waals surface area contributed by atoms with Gasteiger partial charge in [0.05, 0.1) is 17.6 Å². The molecule has 1 N–H and O–H groups in total. The highest BCUT2D eigenvalue weighted by Gasteiger charge is 2.52. The molecule has 2 bridgehead atoms. The molecule has 1 aromatic heterocycles. The van der Waals surface area contributed by atoms with Crippen LogP contribution in [0.5, 0.6) is 0 Å². The first-order chi connectivity index (χ1) is 7.55. The Morgan fingerprint density at radius 3 is 2.94 bits per heavy atom. The molecule has 0 aromatic carbocycles. The number of aromatic nitrogens is 1. The Bertz CT molecular complexity index is 418. The number of halogens is 3. The largest absolute Gasteiger partial charge is 0.395 e. The molecule has 2 aliphatic heterocycles. The van der Waals surface area contributed by atoms with Crippen LogP contribution in [-0.2, 0) is 0 Å². The van der Waals surface area contributed by atoms with E-state index in [1.807, 2.05) is 0 Å². The highest BCUT2D eigenvalue weighted by atomic mass is 19.4. The van der Waals surface area contributed by atoms with E-state index in [2.05, 4.69) is 10.3 Å². The second kappa shape index (κ2) is 3.02. The van der Waals surface area contributed by atoms with E-state index < -0.39 is 18.1 Å². The normalized spacial score (nSPS) is 27.6. The van der Waals surface area contributed by atoms with Gasteiger partial charge in [0.1, 0.15) is 5.82 Å². The van der Waals surface area contributed by atoms with E-state index in [0.29, 0.717) is 12.4 Å². The average Bonchev–Trinajstić information content (AvgIpc) is 2.57. The first-order valence-corrected chi connectivity index (χ1v) is 5.09. The predicted octanol–water partition coefficient (Wildman–Crippen LogP) is 1.87. The van der Waals surface area contributed by atoms with Crippen LogP contribution in [0.2, 0.25) is 0 Å². The van der Waals surface area contributed by atoms with Crippen LogP contribution < -0.4 is 10.2 Å². The predicted molar refractivity (Wildman–Crippen MR) is 53.4 cm³/mol. The summed E-state index contributed by atoms with van der Waals surface area (Å²) >= 11 is 0. The lowest BCUT2D eigenvalue weighted by molar-refractivity contribution is -0.169. The van der Waals surface area contributed by atoms with Crippen molar-refractivity contribution >= 4 is 11.5 Å². The summed E-state index contributed by atoms with van der Waals surface area (Å²) in [5.41, 5.74) is 0.769. The van der Waals surface area contributed by atoms with Gasteiger partial charge in [0.2, 0.25) is 0 Å². The van der Waals surface area contributed by atoms with Crippen molar-refractivity contribution in [2.45, 2.75) is 12.2 Å². The minimum atomic E-state index is -4.14. The monoisotopic (exact) mass is 229 g/mol. The van der Waals surface area contributed by atoms with Gasteiger partial charge in [-0.25, -0.2) is 4.98 Å². The molecular weight excluding hydrogens is 219 g/mol. The third-order valence-corrected chi connectivity index (χ3v) is 3.19. The van der Waals surface area contributed by atoms with Crippen LogP contribution in [-0.4, -0.2) is 30.3 Å². The van der Waals surface area contributed by atoms with Gasteiger partial charge in [-0.05, 0) is 12.1 Å². The number of fused-ring (bicyclic) bond motifs is 4. The van der Waals surface area contributed by atoms with E-state index >= 15 is 0 Å². The molecule has 86 valence electrons. The minimum Gasteiger partial charge on any atom is -0.366 e. The Hall–Kier alpha value is -1.46. The first kappa shape index (κ1) is 9.74. The summed E-state index contributed by atoms with van der Waals surface area (Å²) in [6.07, 6.45) is -2.56. The van der Waals surface area contributed by atoms with Crippen LogP contribution in [0.1, 0.15) is 0 Å². The molecule has 0 saturated carbocycles. The zero-order valence-electron chi connectivity index (χ0n) is 8.33. The molecular formula is C10H10F3N3. The Labute approximate surface area is 90.3 Å². The van der Waals surface area contributed by atoms with Crippen LogP contribution in [0.15, 0.2) is 18.3 Å². The Kier molecular flexibility index (Phi) is 1.84. The van der Waals surface area contributed by atoms with Crippen LogP contribution in [0.25, 0.3) is 0 Å². The summed E-state index contributed by atoms with van der Waals surface area (Å²) < 4.78 is 38.2. The third kappa shape index (κ3) is 1.32. The summed E-state index contributed by atoms with van der Waals surface area (Å²) in [5.74, 6) is -0.743. The van der Waals surface area contributed by atoms with E-state index in [0.717, 1.165) is 5.69 Å². The third-order valence-electron chi connectivity index (χ3n) is 3.19. The van der Waals surface area contributed by atoms with Crippen molar-refractivity contribution in [1.29, 1.82) is 0 Å². The van der Waals surface area contributed by atoms with E-state index in [1.54, 1.807) is 23.2 Å². The molecule has 2 aliphatic rings. The Morgan fingerprint density at radius 1 is 1.38 bits per heavy atom. The van der Waals surface area contributed by atoms with E-state index in [1.165, 1.54) is 0 Å². The Morgan fingerprint density at radius 2 is 2.19 bits per heavy atom. The molecule has 16 heavy (non-hydrogen) atoms. The summed E-state index contributed by atoms with van der Waals surface area (Å²) in [4.78, 5) is 5.81. The number of nitrogens with zero attached hydrogens (tertiary/aromatic N) is 2. The number of alkyl halides is 3. The van der Waals surface area contributed by atoms with Gasteiger partial charge in [-0.3, -0.25) is 0 Å². The molecule has 2 atom stereocenters. The van der Waals surface area contributed by atoms with Gasteiger partial charge >= 0.3 is 6.18 Å². The molecule has 0 spiro atoms. The van der Waals surface area contributed by atoms with Crippen molar-refractivity contribution in [3.63, 3.8) is 0 Å². The van der Waals surface area contributed by atoms with Gasteiger partial charge in [-0.1, -0.05) is 0 Å². The minimum absolute atomic E-state index is 0.0276. The molecule has 1 fully saturated rings. The van der Waals surface area contributed by atoms with Crippen LogP contribution in [0, 0.1) is 5.92 Å². The van der Waals surface area contributed by atoms with Gasteiger partial charge < -0.3 is 10.2 Å². The van der Waals surface area contributed by atoms with Gasteiger partial charge in [0.25, 0.3) is 0 Å². The van der Waals surface area contributed by atoms with Gasteiger partial charge in [-0.2, -0.15) is 13.2 Å². The fraction of sp³-hybridized carbons (Fsp3) is 0.500. The lowest BCUT2D eigenvalue weighted by atomic mass is 10.0. The molecule has 3 rings (SSSR count). The molecule has 2 unspecified atom stereocenters. The molecule has 1 saturated heterocycles. The van der Waals surface area contributed by atoms with E-state index in [4.69, 9.17) is 0 Å². The summed E-state index contributed by atoms with van der Waals surface area (Å²) in [5, 5.41) is 2.87. The number of pyridine rings is 1. The van der Waals surface area contributed by atoms with Crippen molar-refractivity contribution in [3.8, 4) is 0 Å². The van der Waals surface area contributed by atoms with Crippen molar-refractivity contribution in [3.05, 3.63) is 18.3 Å². The van der Waals surface area contributed by atoms with Crippen LogP contribution >= 0.6 is 0 Å². The van der Waals surface area contributed by atoms with Crippen molar-refractivity contribution in [1.82, 2.24) is 4.98 Å². The maximum atomic E-state index is 12.7. The Balaban J connectivity index is 1.95. The molecule has 0 amide bonds. The summed E-state index contributed by atoms with van der Waals surface area (Å²) in [6.45, 7) is 0.433. The zero-order chi connectivity index (χ0) is 11.3. The standard InChI is InChI=1S/C10H10F3N3/c11-10(12,13)6-4-16-5-7(6)15-9-8(16)2-1-3-14-9/h1-3,6-7H,4-5H2,(H,14,15). The number of anilines is 2. The van der Waals surface area contributed by atoms with Crippen LogP contribution in [0.3, 0.4) is 0 Å². The van der Waals surface area contributed by atoms with E-state index in [9.17, 15) is 13.2 Å². The highest BCUT2D eigenvalue weighted by Crippen LogP contribution is 2.42. The smallest absolute Gasteiger partial charge is 0.366 e. The lowest BCUT2D eigenvalue weighted by Crippen LogP contribution is -2.38. The van der Waals surface area contributed by atoms with Gasteiger partial charge in [0.15, 0.2) is 0 Å². The fourth-order valence-corrected chi connectivity index (χ4v) is 2.42. The number of nitrogens with one attached hydrogen (secondary N) is 1. The van der Waals surface area contributed by atoms with Crippen molar-refractivity contribution in [2.24, 2.45) is 5.92 Å². The molecule has 6 heteroatoms. The average molecular weight is 229 g/mol. The second-order valence-electron chi connectivity index (χ2n) is 4.18. The van der Waals surface area contributed by atoms with Crippen molar-refractivity contribution < 1.29 is 13.2 Å².